The van der Waals surface area contributed by atoms with Crippen molar-refractivity contribution >= 4 is 5.69 Å². The predicted molar refractivity (Wildman–Crippen MR) is 146 cm³/mol. The summed E-state index contributed by atoms with van der Waals surface area (Å²) in [6.45, 7) is 11.5. The van der Waals surface area contributed by atoms with Crippen molar-refractivity contribution in [2.75, 3.05) is 18.0 Å². The Hall–Kier alpha value is -4.39. The lowest BCUT2D eigenvalue weighted by atomic mass is 9.83. The number of pyridine rings is 1. The van der Waals surface area contributed by atoms with Crippen LogP contribution in [0.3, 0.4) is 0 Å². The Morgan fingerprint density at radius 3 is 2.40 bits per heavy atom. The monoisotopic (exact) mass is 547 g/mol. The molecule has 0 bridgehead atoms. The van der Waals surface area contributed by atoms with Gasteiger partial charge in [0.1, 0.15) is 0 Å². The minimum Gasteiger partial charge on any atom is -0.371 e. The van der Waals surface area contributed by atoms with E-state index in [4.69, 9.17) is 11.1 Å². The highest BCUT2D eigenvalue weighted by Crippen LogP contribution is 2.40. The van der Waals surface area contributed by atoms with Crippen LogP contribution in [0.1, 0.15) is 37.8 Å². The smallest absolute Gasteiger partial charge is 0.371 e. The van der Waals surface area contributed by atoms with Crippen LogP contribution in [0, 0.1) is 6.57 Å². The minimum atomic E-state index is -4.38. The highest BCUT2D eigenvalue weighted by atomic mass is 19.4. The Morgan fingerprint density at radius 2 is 1.73 bits per heavy atom. The maximum Gasteiger partial charge on any atom is 0.397 e. The van der Waals surface area contributed by atoms with Crippen LogP contribution in [-0.4, -0.2) is 40.0 Å². The number of anilines is 1. The van der Waals surface area contributed by atoms with Crippen molar-refractivity contribution in [2.45, 2.75) is 50.9 Å². The lowest BCUT2D eigenvalue weighted by Gasteiger charge is -2.29. The van der Waals surface area contributed by atoms with Gasteiger partial charge < -0.3 is 18.8 Å². The summed E-state index contributed by atoms with van der Waals surface area (Å²) in [7, 11) is 0. The first kappa shape index (κ1) is 27.2. The fourth-order valence-corrected chi connectivity index (χ4v) is 4.74. The zero-order chi connectivity index (χ0) is 28.5. The van der Waals surface area contributed by atoms with Gasteiger partial charge in [0.25, 0.3) is 11.4 Å². The second-order valence-electron chi connectivity index (χ2n) is 10.5. The number of hydrogen-bond donors (Lipinski definition) is 0. The second-order valence-corrected chi connectivity index (χ2v) is 10.5. The summed E-state index contributed by atoms with van der Waals surface area (Å²) in [5.41, 5.74) is 1.04. The molecule has 0 radical (unpaired) electrons. The van der Waals surface area contributed by atoms with Crippen molar-refractivity contribution in [1.82, 2.24) is 14.7 Å². The summed E-state index contributed by atoms with van der Waals surface area (Å²) in [4.78, 5) is 23.0. The molecule has 0 atom stereocenters. The molecular formula is C30H28F3N5O2. The maximum atomic E-state index is 13.4. The molecule has 10 heteroatoms. The molecule has 0 saturated carbocycles. The zero-order valence-electron chi connectivity index (χ0n) is 22.2. The van der Waals surface area contributed by atoms with E-state index in [9.17, 15) is 18.0 Å². The van der Waals surface area contributed by atoms with Crippen LogP contribution < -0.4 is 10.5 Å². The van der Waals surface area contributed by atoms with Crippen molar-refractivity contribution in [3.8, 4) is 22.8 Å². The van der Waals surface area contributed by atoms with Crippen LogP contribution in [0.4, 0.5) is 18.9 Å². The summed E-state index contributed by atoms with van der Waals surface area (Å²) in [5, 5.41) is 3.99. The molecule has 2 aromatic heterocycles. The molecule has 1 saturated heterocycles. The number of rotatable bonds is 6. The first-order valence-electron chi connectivity index (χ1n) is 13.0. The Kier molecular flexibility index (Phi) is 7.23. The highest BCUT2D eigenvalue weighted by Gasteiger charge is 2.48. The average Bonchev–Trinajstić information content (AvgIpc) is 3.44. The number of halogens is 3. The quantitative estimate of drug-likeness (QED) is 0.264. The van der Waals surface area contributed by atoms with Crippen molar-refractivity contribution in [3.05, 3.63) is 99.8 Å². The summed E-state index contributed by atoms with van der Waals surface area (Å²) >= 11 is 0. The number of piperidine rings is 1. The Bertz CT molecular complexity index is 1590. The first-order valence-corrected chi connectivity index (χ1v) is 13.0. The summed E-state index contributed by atoms with van der Waals surface area (Å²) in [6.07, 6.45) is -1.04. The third-order valence-electron chi connectivity index (χ3n) is 7.51. The third kappa shape index (κ3) is 5.50. The SMILES string of the molecule is [C-]#[N+]C1CCN(c2cccc(Cn3cc(-c4nc(-c5ccc(C(C)(C)C(F)(F)F)cc5)no4)ccc3=O)c2)CC1. The van der Waals surface area contributed by atoms with Gasteiger partial charge >= 0.3 is 6.18 Å². The second kappa shape index (κ2) is 10.6. The van der Waals surface area contributed by atoms with Crippen LogP contribution in [0.25, 0.3) is 27.7 Å². The van der Waals surface area contributed by atoms with E-state index in [1.165, 1.54) is 30.3 Å². The number of nitrogens with zero attached hydrogens (tertiary/aromatic N) is 5. The normalized spacial score (nSPS) is 14.8. The molecule has 0 aliphatic carbocycles. The molecule has 4 aromatic rings. The molecule has 7 nitrogen and oxygen atoms in total. The molecule has 1 fully saturated rings. The molecule has 0 spiro atoms. The van der Waals surface area contributed by atoms with Gasteiger partial charge in [-0.3, -0.25) is 4.79 Å². The topological polar surface area (TPSA) is 68.5 Å². The highest BCUT2D eigenvalue weighted by molar-refractivity contribution is 5.60. The predicted octanol–water partition coefficient (Wildman–Crippen LogP) is 6.34. The van der Waals surface area contributed by atoms with Gasteiger partial charge in [-0.1, -0.05) is 41.6 Å². The molecule has 1 aliphatic rings. The standard InChI is InChI=1S/C30H28F3N5O2/c1-29(2,30(31,32)33)23-10-7-21(8-11-23)27-35-28(40-36-27)22-9-12-26(39)38(19-22)18-20-5-4-6-25(17-20)37-15-13-24(34-3)14-16-37/h4-12,17,19,24H,13-16,18H2,1-2H3. The third-order valence-corrected chi connectivity index (χ3v) is 7.51. The van der Waals surface area contributed by atoms with E-state index in [1.54, 1.807) is 16.8 Å². The average molecular weight is 548 g/mol. The molecular weight excluding hydrogens is 519 g/mol. The van der Waals surface area contributed by atoms with Crippen molar-refractivity contribution in [1.29, 1.82) is 0 Å². The minimum absolute atomic E-state index is 0.0897. The maximum absolute atomic E-state index is 13.4. The number of benzene rings is 2. The molecule has 206 valence electrons. The van der Waals surface area contributed by atoms with E-state index < -0.39 is 11.6 Å². The molecule has 0 unspecified atom stereocenters. The number of alkyl halides is 3. The molecule has 2 aromatic carbocycles. The summed E-state index contributed by atoms with van der Waals surface area (Å²) in [6, 6.07) is 17.1. The fraction of sp³-hybridized carbons (Fsp3) is 0.333. The van der Waals surface area contributed by atoms with Crippen molar-refractivity contribution < 1.29 is 17.7 Å². The fourth-order valence-electron chi connectivity index (χ4n) is 4.74. The van der Waals surface area contributed by atoms with Crippen LogP contribution in [-0.2, 0) is 12.0 Å². The zero-order valence-corrected chi connectivity index (χ0v) is 22.2. The molecule has 1 aliphatic heterocycles. The molecule has 40 heavy (non-hydrogen) atoms. The Labute approximate surface area is 229 Å². The van der Waals surface area contributed by atoms with Gasteiger partial charge in [0, 0.05) is 49.4 Å². The molecule has 5 rings (SSSR count). The van der Waals surface area contributed by atoms with E-state index in [2.05, 4.69) is 26.0 Å². The molecule has 3 heterocycles. The Morgan fingerprint density at radius 1 is 1.02 bits per heavy atom. The van der Waals surface area contributed by atoms with Gasteiger partial charge in [0.15, 0.2) is 0 Å². The summed E-state index contributed by atoms with van der Waals surface area (Å²) in [5.74, 6) is 0.429. The van der Waals surface area contributed by atoms with E-state index in [0.717, 1.165) is 51.0 Å². The van der Waals surface area contributed by atoms with Crippen molar-refractivity contribution in [2.24, 2.45) is 0 Å². The van der Waals surface area contributed by atoms with Crippen LogP contribution >= 0.6 is 0 Å². The summed E-state index contributed by atoms with van der Waals surface area (Å²) < 4.78 is 47.2. The number of aromatic nitrogens is 3. The van der Waals surface area contributed by atoms with Gasteiger partial charge in [-0.2, -0.15) is 18.2 Å². The van der Waals surface area contributed by atoms with Gasteiger partial charge in [-0.15, -0.1) is 0 Å². The molecule has 0 amide bonds. The van der Waals surface area contributed by atoms with E-state index in [1.807, 2.05) is 18.2 Å². The first-order chi connectivity index (χ1) is 19.0. The van der Waals surface area contributed by atoms with Gasteiger partial charge in [0.05, 0.1) is 17.5 Å². The van der Waals surface area contributed by atoms with E-state index in [0.29, 0.717) is 17.7 Å². The van der Waals surface area contributed by atoms with Crippen LogP contribution in [0.15, 0.2) is 76.2 Å². The molecule has 0 N–H and O–H groups in total. The van der Waals surface area contributed by atoms with Crippen LogP contribution in [0.5, 0.6) is 0 Å². The van der Waals surface area contributed by atoms with E-state index >= 15 is 0 Å². The Balaban J connectivity index is 1.33. The van der Waals surface area contributed by atoms with Gasteiger partial charge in [-0.05, 0) is 43.2 Å². The lowest BCUT2D eigenvalue weighted by molar-refractivity contribution is -0.180. The van der Waals surface area contributed by atoms with Crippen LogP contribution in [0.2, 0.25) is 0 Å². The van der Waals surface area contributed by atoms with E-state index in [-0.39, 0.29) is 28.9 Å². The van der Waals surface area contributed by atoms with Crippen molar-refractivity contribution in [3.63, 3.8) is 0 Å². The van der Waals surface area contributed by atoms with Gasteiger partial charge in [-0.25, -0.2) is 6.57 Å². The lowest BCUT2D eigenvalue weighted by Crippen LogP contribution is -2.36. The largest absolute Gasteiger partial charge is 0.397 e. The van der Waals surface area contributed by atoms with Gasteiger partial charge in [0.2, 0.25) is 11.9 Å². The number of hydrogen-bond acceptors (Lipinski definition) is 5.